The molecule has 0 aliphatic heterocycles. The lowest BCUT2D eigenvalue weighted by molar-refractivity contribution is 0.0892. The molecule has 1 aromatic carbocycles. The molecule has 0 saturated carbocycles. The first-order valence-corrected chi connectivity index (χ1v) is 5.92. The van der Waals surface area contributed by atoms with Gasteiger partial charge in [-0.1, -0.05) is 29.8 Å². The average molecular weight is 241 g/mol. The number of nitrogens with zero attached hydrogens (tertiary/aromatic N) is 1. The highest BCUT2D eigenvalue weighted by Gasteiger charge is 2.08. The molecule has 92 valence electrons. The summed E-state index contributed by atoms with van der Waals surface area (Å²) in [6.07, 6.45) is 3.42. The van der Waals surface area contributed by atoms with Crippen LogP contribution in [-0.2, 0) is 6.42 Å². The van der Waals surface area contributed by atoms with Crippen LogP contribution in [0.3, 0.4) is 0 Å². The van der Waals surface area contributed by atoms with Gasteiger partial charge in [0, 0.05) is 12.6 Å². The third-order valence-corrected chi connectivity index (χ3v) is 2.92. The number of benzene rings is 1. The van der Waals surface area contributed by atoms with E-state index in [1.807, 2.05) is 31.2 Å². The zero-order chi connectivity index (χ0) is 13.0. The van der Waals surface area contributed by atoms with Gasteiger partial charge in [0.25, 0.3) is 0 Å². The van der Waals surface area contributed by atoms with E-state index in [0.717, 1.165) is 5.56 Å². The summed E-state index contributed by atoms with van der Waals surface area (Å²) < 4.78 is 1.40. The number of hydrogen-bond donors (Lipinski definition) is 0. The van der Waals surface area contributed by atoms with Crippen LogP contribution < -0.4 is 0 Å². The van der Waals surface area contributed by atoms with Crippen LogP contribution in [0.2, 0.25) is 0 Å². The molecule has 1 aromatic heterocycles. The second-order valence-corrected chi connectivity index (χ2v) is 4.30. The molecule has 0 saturated heterocycles. The fraction of sp³-hybridized carbons (Fsp3) is 0.200. The number of carbonyl (C=O) groups excluding carboxylic acids is 2. The monoisotopic (exact) mass is 241 g/mol. The maximum Gasteiger partial charge on any atom is 0.231 e. The largest absolute Gasteiger partial charge is 0.296 e. The Labute approximate surface area is 106 Å². The highest BCUT2D eigenvalue weighted by Crippen LogP contribution is 2.08. The highest BCUT2D eigenvalue weighted by molar-refractivity contribution is 5.86. The Morgan fingerprint density at radius 3 is 2.61 bits per heavy atom. The second-order valence-electron chi connectivity index (χ2n) is 4.30. The van der Waals surface area contributed by atoms with Crippen molar-refractivity contribution in [1.29, 1.82) is 0 Å². The van der Waals surface area contributed by atoms with E-state index in [4.69, 9.17) is 0 Å². The fourth-order valence-corrected chi connectivity index (χ4v) is 1.84. The van der Waals surface area contributed by atoms with Crippen molar-refractivity contribution in [2.75, 3.05) is 0 Å². The molecule has 0 aliphatic rings. The molecule has 0 bridgehead atoms. The van der Waals surface area contributed by atoms with Gasteiger partial charge in [-0.05, 0) is 31.0 Å². The minimum absolute atomic E-state index is 0.0531. The van der Waals surface area contributed by atoms with E-state index in [2.05, 4.69) is 0 Å². The van der Waals surface area contributed by atoms with Gasteiger partial charge in [0.05, 0.1) is 5.69 Å². The zero-order valence-corrected chi connectivity index (χ0v) is 10.3. The molecule has 0 radical (unpaired) electrons. The Balaban J connectivity index is 2.00. The summed E-state index contributed by atoms with van der Waals surface area (Å²) >= 11 is 0. The van der Waals surface area contributed by atoms with E-state index in [1.54, 1.807) is 18.3 Å². The Kier molecular flexibility index (Phi) is 3.72. The third-order valence-electron chi connectivity index (χ3n) is 2.92. The molecule has 0 aliphatic carbocycles. The van der Waals surface area contributed by atoms with Crippen molar-refractivity contribution in [2.24, 2.45) is 0 Å². The summed E-state index contributed by atoms with van der Waals surface area (Å²) in [7, 11) is 0. The summed E-state index contributed by atoms with van der Waals surface area (Å²) in [5.74, 6) is -0.0531. The van der Waals surface area contributed by atoms with Gasteiger partial charge in [-0.15, -0.1) is 0 Å². The van der Waals surface area contributed by atoms with Crippen molar-refractivity contribution in [3.05, 3.63) is 59.4 Å². The molecule has 3 heteroatoms. The fourth-order valence-electron chi connectivity index (χ4n) is 1.84. The van der Waals surface area contributed by atoms with Crippen molar-refractivity contribution in [3.8, 4) is 0 Å². The summed E-state index contributed by atoms with van der Waals surface area (Å²) in [4.78, 5) is 22.7. The van der Waals surface area contributed by atoms with Crippen molar-refractivity contribution in [2.45, 2.75) is 19.8 Å². The predicted molar refractivity (Wildman–Crippen MR) is 69.9 cm³/mol. The van der Waals surface area contributed by atoms with Crippen LogP contribution in [0.25, 0.3) is 0 Å². The number of aromatic nitrogens is 1. The van der Waals surface area contributed by atoms with Crippen molar-refractivity contribution in [3.63, 3.8) is 0 Å². The summed E-state index contributed by atoms with van der Waals surface area (Å²) in [6.45, 7) is 2.03. The van der Waals surface area contributed by atoms with Gasteiger partial charge < -0.3 is 0 Å². The first-order valence-electron chi connectivity index (χ1n) is 5.92. The van der Waals surface area contributed by atoms with E-state index in [-0.39, 0.29) is 5.91 Å². The minimum atomic E-state index is -0.0531. The Morgan fingerprint density at radius 2 is 1.94 bits per heavy atom. The SMILES string of the molecule is Cc1ccc(CCC(=O)n2cccc2C=O)cc1. The van der Waals surface area contributed by atoms with Gasteiger partial charge in [-0.2, -0.15) is 0 Å². The molecule has 0 atom stereocenters. The summed E-state index contributed by atoms with van der Waals surface area (Å²) in [5, 5.41) is 0. The number of aryl methyl sites for hydroxylation is 2. The number of carbonyl (C=O) groups is 2. The van der Waals surface area contributed by atoms with Gasteiger partial charge in [0.1, 0.15) is 0 Å². The number of rotatable bonds is 4. The minimum Gasteiger partial charge on any atom is -0.296 e. The molecular formula is C15H15NO2. The van der Waals surface area contributed by atoms with Crippen LogP contribution in [0, 0.1) is 6.92 Å². The molecule has 0 spiro atoms. The van der Waals surface area contributed by atoms with E-state index in [0.29, 0.717) is 24.8 Å². The molecule has 0 unspecified atom stereocenters. The number of aldehydes is 1. The molecule has 0 amide bonds. The standard InChI is InChI=1S/C15H15NO2/c1-12-4-6-13(7-5-12)8-9-15(18)16-10-2-3-14(16)11-17/h2-7,10-11H,8-9H2,1H3. The Hall–Kier alpha value is -2.16. The summed E-state index contributed by atoms with van der Waals surface area (Å²) in [5.41, 5.74) is 2.75. The van der Waals surface area contributed by atoms with Crippen molar-refractivity contribution >= 4 is 12.2 Å². The zero-order valence-electron chi connectivity index (χ0n) is 10.3. The van der Waals surface area contributed by atoms with Gasteiger partial charge in [0.2, 0.25) is 5.91 Å². The molecule has 0 N–H and O–H groups in total. The van der Waals surface area contributed by atoms with E-state index >= 15 is 0 Å². The lowest BCUT2D eigenvalue weighted by Crippen LogP contribution is -2.13. The lowest BCUT2D eigenvalue weighted by Gasteiger charge is -2.04. The lowest BCUT2D eigenvalue weighted by atomic mass is 10.1. The quantitative estimate of drug-likeness (QED) is 0.772. The van der Waals surface area contributed by atoms with Crippen LogP contribution in [0.1, 0.15) is 32.8 Å². The first-order chi connectivity index (χ1) is 8.70. The van der Waals surface area contributed by atoms with Crippen LogP contribution >= 0.6 is 0 Å². The van der Waals surface area contributed by atoms with Gasteiger partial charge in [-0.25, -0.2) is 0 Å². The molecular weight excluding hydrogens is 226 g/mol. The van der Waals surface area contributed by atoms with Gasteiger partial charge in [0.15, 0.2) is 6.29 Å². The van der Waals surface area contributed by atoms with Crippen LogP contribution in [0.15, 0.2) is 42.6 Å². The first kappa shape index (κ1) is 12.3. The molecule has 2 aromatic rings. The predicted octanol–water partition coefficient (Wildman–Crippen LogP) is 2.88. The van der Waals surface area contributed by atoms with E-state index in [9.17, 15) is 9.59 Å². The third kappa shape index (κ3) is 2.74. The molecule has 0 fully saturated rings. The second kappa shape index (κ2) is 5.45. The van der Waals surface area contributed by atoms with E-state index < -0.39 is 0 Å². The van der Waals surface area contributed by atoms with Crippen LogP contribution in [0.5, 0.6) is 0 Å². The maximum atomic E-state index is 11.9. The average Bonchev–Trinajstić information content (AvgIpc) is 2.86. The maximum absolute atomic E-state index is 11.9. The normalized spacial score (nSPS) is 10.3. The number of hydrogen-bond acceptors (Lipinski definition) is 2. The smallest absolute Gasteiger partial charge is 0.231 e. The van der Waals surface area contributed by atoms with Gasteiger partial charge >= 0.3 is 0 Å². The van der Waals surface area contributed by atoms with Crippen molar-refractivity contribution < 1.29 is 9.59 Å². The summed E-state index contributed by atoms with van der Waals surface area (Å²) in [6, 6.07) is 11.5. The van der Waals surface area contributed by atoms with Crippen LogP contribution in [-0.4, -0.2) is 16.8 Å². The molecule has 18 heavy (non-hydrogen) atoms. The molecule has 1 heterocycles. The topological polar surface area (TPSA) is 39.1 Å². The van der Waals surface area contributed by atoms with Gasteiger partial charge in [-0.3, -0.25) is 14.2 Å². The Morgan fingerprint density at radius 1 is 1.22 bits per heavy atom. The molecule has 3 nitrogen and oxygen atoms in total. The Bertz CT molecular complexity index is 552. The van der Waals surface area contributed by atoms with Crippen LogP contribution in [0.4, 0.5) is 0 Å². The molecule has 2 rings (SSSR count). The highest BCUT2D eigenvalue weighted by atomic mass is 16.2. The van der Waals surface area contributed by atoms with Crippen molar-refractivity contribution in [1.82, 2.24) is 4.57 Å². The van der Waals surface area contributed by atoms with E-state index in [1.165, 1.54) is 10.1 Å².